The quantitative estimate of drug-likeness (QED) is 0.479. The van der Waals surface area contributed by atoms with Crippen LogP contribution in [-0.4, -0.2) is 20.9 Å². The van der Waals surface area contributed by atoms with Crippen LogP contribution in [0.2, 0.25) is 5.02 Å². The molecule has 0 unspecified atom stereocenters. The van der Waals surface area contributed by atoms with Gasteiger partial charge in [-0.3, -0.25) is 9.10 Å². The first-order valence-electron chi connectivity index (χ1n) is 8.98. The van der Waals surface area contributed by atoms with E-state index in [2.05, 4.69) is 5.32 Å². The summed E-state index contributed by atoms with van der Waals surface area (Å²) in [5.41, 5.74) is -1.37. The summed E-state index contributed by atoms with van der Waals surface area (Å²) in [7, 11) is -4.24. The molecule has 1 amide bonds. The Morgan fingerprint density at radius 1 is 0.969 bits per heavy atom. The lowest BCUT2D eigenvalue weighted by molar-refractivity contribution is -0.137. The van der Waals surface area contributed by atoms with Crippen molar-refractivity contribution < 1.29 is 30.8 Å². The Kier molecular flexibility index (Phi) is 6.75. The number of alkyl halides is 3. The van der Waals surface area contributed by atoms with Crippen molar-refractivity contribution in [3.05, 3.63) is 89.2 Å². The Morgan fingerprint density at radius 3 is 2.19 bits per heavy atom. The minimum absolute atomic E-state index is 0.00232. The van der Waals surface area contributed by atoms with Crippen molar-refractivity contribution in [1.82, 2.24) is 0 Å². The molecule has 0 saturated heterocycles. The van der Waals surface area contributed by atoms with Gasteiger partial charge in [0, 0.05) is 5.69 Å². The summed E-state index contributed by atoms with van der Waals surface area (Å²) in [6.07, 6.45) is -4.74. The first kappa shape index (κ1) is 23.6. The Hall–Kier alpha value is -3.11. The Bertz CT molecular complexity index is 1220. The van der Waals surface area contributed by atoms with E-state index in [0.717, 1.165) is 28.6 Å². The van der Waals surface area contributed by atoms with E-state index in [1.54, 1.807) is 6.07 Å². The molecule has 1 N–H and O–H groups in total. The molecule has 3 aromatic rings. The van der Waals surface area contributed by atoms with Crippen LogP contribution in [-0.2, 0) is 21.0 Å². The van der Waals surface area contributed by atoms with Crippen molar-refractivity contribution in [2.45, 2.75) is 11.1 Å². The molecular weight excluding hydrogens is 472 g/mol. The van der Waals surface area contributed by atoms with E-state index in [4.69, 9.17) is 11.6 Å². The zero-order valence-corrected chi connectivity index (χ0v) is 17.7. The molecule has 168 valence electrons. The highest BCUT2D eigenvalue weighted by Crippen LogP contribution is 2.36. The molecule has 0 aliphatic heterocycles. The standard InChI is InChI=1S/C21H15ClF4N2O3S/c22-19-11-8-15(12-18(19)21(24,25)26)27-20(29)13-28(16-9-6-14(23)7-10-16)32(30,31)17-4-2-1-3-5-17/h1-12H,13H2,(H,27,29). The number of benzene rings is 3. The normalized spacial score (nSPS) is 11.8. The van der Waals surface area contributed by atoms with Crippen LogP contribution in [0.4, 0.5) is 28.9 Å². The maximum Gasteiger partial charge on any atom is 0.417 e. The Balaban J connectivity index is 1.92. The fourth-order valence-corrected chi connectivity index (χ4v) is 4.46. The highest BCUT2D eigenvalue weighted by Gasteiger charge is 2.33. The van der Waals surface area contributed by atoms with Gasteiger partial charge < -0.3 is 5.32 Å². The second-order valence-electron chi connectivity index (χ2n) is 6.54. The predicted molar refractivity (Wildman–Crippen MR) is 112 cm³/mol. The molecule has 0 saturated carbocycles. The van der Waals surface area contributed by atoms with E-state index < -0.39 is 45.1 Å². The largest absolute Gasteiger partial charge is 0.417 e. The summed E-state index contributed by atoms with van der Waals surface area (Å²) in [6, 6.07) is 14.4. The Morgan fingerprint density at radius 2 is 1.59 bits per heavy atom. The molecule has 0 radical (unpaired) electrons. The number of anilines is 2. The van der Waals surface area contributed by atoms with Crippen molar-refractivity contribution >= 4 is 38.9 Å². The molecule has 0 atom stereocenters. The van der Waals surface area contributed by atoms with Gasteiger partial charge in [-0.05, 0) is 54.6 Å². The third kappa shape index (κ3) is 5.38. The van der Waals surface area contributed by atoms with Gasteiger partial charge >= 0.3 is 6.18 Å². The minimum atomic E-state index is -4.74. The molecule has 0 aromatic heterocycles. The van der Waals surface area contributed by atoms with Gasteiger partial charge in [-0.25, -0.2) is 12.8 Å². The molecule has 0 spiro atoms. The van der Waals surface area contributed by atoms with Crippen LogP contribution >= 0.6 is 11.6 Å². The number of carbonyl (C=O) groups excluding carboxylic acids is 1. The molecule has 0 fully saturated rings. The lowest BCUT2D eigenvalue weighted by atomic mass is 10.2. The average molecular weight is 487 g/mol. The number of nitrogens with zero attached hydrogens (tertiary/aromatic N) is 1. The van der Waals surface area contributed by atoms with E-state index in [1.165, 1.54) is 36.4 Å². The summed E-state index contributed by atoms with van der Waals surface area (Å²) in [5, 5.41) is 1.69. The number of sulfonamides is 1. The van der Waals surface area contributed by atoms with Gasteiger partial charge in [-0.15, -0.1) is 0 Å². The number of amides is 1. The summed E-state index contributed by atoms with van der Waals surface area (Å²) < 4.78 is 79.5. The molecule has 0 aliphatic carbocycles. The molecule has 32 heavy (non-hydrogen) atoms. The van der Waals surface area contributed by atoms with Crippen LogP contribution in [0.25, 0.3) is 0 Å². The third-order valence-electron chi connectivity index (χ3n) is 4.29. The molecule has 3 rings (SSSR count). The number of hydrogen-bond donors (Lipinski definition) is 1. The summed E-state index contributed by atoms with van der Waals surface area (Å²) in [4.78, 5) is 12.5. The predicted octanol–water partition coefficient (Wildman–Crippen LogP) is 5.33. The molecule has 0 bridgehead atoms. The van der Waals surface area contributed by atoms with Crippen LogP contribution in [0, 0.1) is 5.82 Å². The maximum absolute atomic E-state index is 13.3. The van der Waals surface area contributed by atoms with Crippen molar-refractivity contribution in [2.24, 2.45) is 0 Å². The van der Waals surface area contributed by atoms with E-state index in [1.807, 2.05) is 0 Å². The van der Waals surface area contributed by atoms with Gasteiger partial charge in [0.05, 0.1) is 21.2 Å². The number of halogens is 5. The second kappa shape index (κ2) is 9.17. The van der Waals surface area contributed by atoms with Crippen LogP contribution in [0.15, 0.2) is 77.7 Å². The lowest BCUT2D eigenvalue weighted by Gasteiger charge is -2.24. The van der Waals surface area contributed by atoms with Gasteiger partial charge in [-0.2, -0.15) is 13.2 Å². The Labute approximate surface area is 186 Å². The van der Waals surface area contributed by atoms with E-state index in [9.17, 15) is 30.8 Å². The fraction of sp³-hybridized carbons (Fsp3) is 0.0952. The zero-order chi connectivity index (χ0) is 23.5. The topological polar surface area (TPSA) is 66.5 Å². The van der Waals surface area contributed by atoms with E-state index >= 15 is 0 Å². The molecule has 11 heteroatoms. The lowest BCUT2D eigenvalue weighted by Crippen LogP contribution is -2.38. The van der Waals surface area contributed by atoms with E-state index in [0.29, 0.717) is 6.07 Å². The first-order chi connectivity index (χ1) is 15.0. The number of rotatable bonds is 6. The van der Waals surface area contributed by atoms with Gasteiger partial charge in [0.2, 0.25) is 5.91 Å². The monoisotopic (exact) mass is 486 g/mol. The number of hydrogen-bond acceptors (Lipinski definition) is 3. The van der Waals surface area contributed by atoms with Crippen LogP contribution in [0.3, 0.4) is 0 Å². The number of carbonyl (C=O) groups is 1. The maximum atomic E-state index is 13.3. The third-order valence-corrected chi connectivity index (χ3v) is 6.41. The van der Waals surface area contributed by atoms with Gasteiger partial charge in [0.15, 0.2) is 0 Å². The first-order valence-corrected chi connectivity index (χ1v) is 10.8. The van der Waals surface area contributed by atoms with Gasteiger partial charge in [0.1, 0.15) is 12.4 Å². The van der Waals surface area contributed by atoms with Crippen molar-refractivity contribution in [1.29, 1.82) is 0 Å². The molecule has 3 aromatic carbocycles. The SMILES string of the molecule is O=C(CN(c1ccc(F)cc1)S(=O)(=O)c1ccccc1)Nc1ccc(Cl)c(C(F)(F)F)c1. The van der Waals surface area contributed by atoms with Crippen LogP contribution in [0.1, 0.15) is 5.56 Å². The highest BCUT2D eigenvalue weighted by atomic mass is 35.5. The van der Waals surface area contributed by atoms with Gasteiger partial charge in [0.25, 0.3) is 10.0 Å². The highest BCUT2D eigenvalue weighted by molar-refractivity contribution is 7.92. The minimum Gasteiger partial charge on any atom is -0.324 e. The zero-order valence-electron chi connectivity index (χ0n) is 16.1. The second-order valence-corrected chi connectivity index (χ2v) is 8.81. The average Bonchev–Trinajstić information content (AvgIpc) is 2.74. The van der Waals surface area contributed by atoms with Crippen molar-refractivity contribution in [2.75, 3.05) is 16.2 Å². The van der Waals surface area contributed by atoms with Gasteiger partial charge in [-0.1, -0.05) is 29.8 Å². The summed E-state index contributed by atoms with van der Waals surface area (Å²) >= 11 is 5.57. The molecular formula is C21H15ClF4N2O3S. The fourth-order valence-electron chi connectivity index (χ4n) is 2.79. The summed E-state index contributed by atoms with van der Waals surface area (Å²) in [5.74, 6) is -1.53. The molecule has 0 heterocycles. The van der Waals surface area contributed by atoms with Crippen LogP contribution < -0.4 is 9.62 Å². The smallest absolute Gasteiger partial charge is 0.324 e. The molecule has 5 nitrogen and oxygen atoms in total. The van der Waals surface area contributed by atoms with Crippen molar-refractivity contribution in [3.8, 4) is 0 Å². The molecule has 0 aliphatic rings. The van der Waals surface area contributed by atoms with E-state index in [-0.39, 0.29) is 16.3 Å². The summed E-state index contributed by atoms with van der Waals surface area (Å²) in [6.45, 7) is -0.771. The van der Waals surface area contributed by atoms with Crippen molar-refractivity contribution in [3.63, 3.8) is 0 Å². The van der Waals surface area contributed by atoms with Crippen LogP contribution in [0.5, 0.6) is 0 Å². The number of nitrogens with one attached hydrogen (secondary N) is 1.